The summed E-state index contributed by atoms with van der Waals surface area (Å²) in [5.74, 6) is 1.17. The summed E-state index contributed by atoms with van der Waals surface area (Å²) in [6, 6.07) is 0. The number of hydrogen-bond donors (Lipinski definition) is 0. The van der Waals surface area contributed by atoms with Crippen LogP contribution < -0.4 is 0 Å². The van der Waals surface area contributed by atoms with Gasteiger partial charge in [0.05, 0.1) is 17.8 Å². The van der Waals surface area contributed by atoms with Crippen molar-refractivity contribution in [3.8, 4) is 0 Å². The summed E-state index contributed by atoms with van der Waals surface area (Å²) in [5.41, 5.74) is -0.488. The van der Waals surface area contributed by atoms with Crippen LogP contribution in [-0.4, -0.2) is 20.9 Å². The molecule has 0 spiro atoms. The molecule has 1 aliphatic rings. The fourth-order valence-corrected chi connectivity index (χ4v) is 3.62. The van der Waals surface area contributed by atoms with Gasteiger partial charge in [-0.15, -0.1) is 0 Å². The minimum absolute atomic E-state index is 0.107. The number of hydrogen-bond acceptors (Lipinski definition) is 3. The largest absolute Gasteiger partial charge is 0.547 e. The van der Waals surface area contributed by atoms with Crippen molar-refractivity contribution in [3.63, 3.8) is 0 Å². The predicted molar refractivity (Wildman–Crippen MR) is 94.1 cm³/mol. The molecule has 0 aromatic carbocycles. The molecule has 1 unspecified atom stereocenters. The van der Waals surface area contributed by atoms with Crippen LogP contribution in [0.4, 0.5) is 0 Å². The molecule has 1 rings (SSSR count). The van der Waals surface area contributed by atoms with Gasteiger partial charge >= 0.3 is 5.97 Å². The molecule has 0 saturated carbocycles. The first kappa shape index (κ1) is 19.3. The van der Waals surface area contributed by atoms with Crippen molar-refractivity contribution in [2.75, 3.05) is 6.61 Å². The van der Waals surface area contributed by atoms with E-state index in [-0.39, 0.29) is 16.9 Å². The molecule has 0 fully saturated rings. The lowest BCUT2D eigenvalue weighted by Crippen LogP contribution is -2.41. The first-order valence-corrected chi connectivity index (χ1v) is 11.4. The molecule has 4 heteroatoms. The Labute approximate surface area is 137 Å². The van der Waals surface area contributed by atoms with Crippen molar-refractivity contribution in [3.05, 3.63) is 11.8 Å². The van der Waals surface area contributed by atoms with Gasteiger partial charge in [0, 0.05) is 6.42 Å². The van der Waals surface area contributed by atoms with E-state index < -0.39 is 13.7 Å². The monoisotopic (exact) mass is 326 g/mol. The lowest BCUT2D eigenvalue weighted by atomic mass is 9.74. The fraction of sp³-hybridized carbons (Fsp3) is 0.833. The topological polar surface area (TPSA) is 35.5 Å². The second-order valence-electron chi connectivity index (χ2n) is 8.44. The Morgan fingerprint density at radius 3 is 2.36 bits per heavy atom. The van der Waals surface area contributed by atoms with Crippen LogP contribution in [0.3, 0.4) is 0 Å². The smallest absolute Gasteiger partial charge is 0.312 e. The molecule has 22 heavy (non-hydrogen) atoms. The van der Waals surface area contributed by atoms with Crippen molar-refractivity contribution in [1.29, 1.82) is 0 Å². The van der Waals surface area contributed by atoms with Gasteiger partial charge in [0.1, 0.15) is 0 Å². The normalized spacial score (nSPS) is 20.4. The average Bonchev–Trinajstić information content (AvgIpc) is 2.37. The van der Waals surface area contributed by atoms with Crippen molar-refractivity contribution in [1.82, 2.24) is 0 Å². The van der Waals surface area contributed by atoms with E-state index in [4.69, 9.17) is 9.16 Å². The van der Waals surface area contributed by atoms with E-state index in [1.807, 2.05) is 20.8 Å². The zero-order chi connectivity index (χ0) is 17.2. The minimum atomic E-state index is -1.81. The number of carbonyl (C=O) groups is 1. The van der Waals surface area contributed by atoms with Crippen molar-refractivity contribution in [2.45, 2.75) is 78.9 Å². The number of ether oxygens (including phenoxy) is 1. The summed E-state index contributed by atoms with van der Waals surface area (Å²) in [6.07, 6.45) is 5.28. The summed E-state index contributed by atoms with van der Waals surface area (Å²) < 4.78 is 11.7. The Bertz CT molecular complexity index is 430. The van der Waals surface area contributed by atoms with Crippen molar-refractivity contribution >= 4 is 14.3 Å². The molecule has 0 heterocycles. The molecule has 0 radical (unpaired) electrons. The molecule has 1 aliphatic carbocycles. The van der Waals surface area contributed by atoms with Crippen molar-refractivity contribution < 1.29 is 14.0 Å². The third-order valence-corrected chi connectivity index (χ3v) is 9.63. The number of allylic oxidation sites excluding steroid dienone is 2. The van der Waals surface area contributed by atoms with Crippen LogP contribution >= 0.6 is 0 Å². The van der Waals surface area contributed by atoms with Gasteiger partial charge in [-0.05, 0) is 63.7 Å². The van der Waals surface area contributed by atoms with Crippen LogP contribution in [0.15, 0.2) is 11.8 Å². The molecule has 0 saturated heterocycles. The van der Waals surface area contributed by atoms with E-state index in [1.54, 1.807) is 0 Å². The first-order valence-electron chi connectivity index (χ1n) is 8.48. The van der Waals surface area contributed by atoms with Gasteiger partial charge in [-0.2, -0.15) is 0 Å². The zero-order valence-electron chi connectivity index (χ0n) is 15.7. The highest BCUT2D eigenvalue weighted by molar-refractivity contribution is 6.74. The average molecular weight is 327 g/mol. The Hall–Kier alpha value is -0.773. The van der Waals surface area contributed by atoms with Crippen LogP contribution in [0.1, 0.15) is 60.8 Å². The maximum atomic E-state index is 12.2. The molecule has 0 aromatic rings. The highest BCUT2D eigenvalue weighted by atomic mass is 28.4. The first-order chi connectivity index (χ1) is 9.91. The molecule has 3 nitrogen and oxygen atoms in total. The quantitative estimate of drug-likeness (QED) is 0.509. The molecular weight excluding hydrogens is 292 g/mol. The molecule has 0 amide bonds. The van der Waals surface area contributed by atoms with Gasteiger partial charge in [-0.25, -0.2) is 0 Å². The Morgan fingerprint density at radius 2 is 1.86 bits per heavy atom. The van der Waals surface area contributed by atoms with E-state index >= 15 is 0 Å². The van der Waals surface area contributed by atoms with E-state index in [1.165, 1.54) is 0 Å². The molecule has 128 valence electrons. The highest BCUT2D eigenvalue weighted by Crippen LogP contribution is 2.42. The molecule has 0 N–H and O–H groups in total. The van der Waals surface area contributed by atoms with E-state index in [0.29, 0.717) is 6.61 Å². The lowest BCUT2D eigenvalue weighted by Gasteiger charge is -2.40. The predicted octanol–water partition coefficient (Wildman–Crippen LogP) is 5.28. The fourth-order valence-electron chi connectivity index (χ4n) is 2.49. The Kier molecular flexibility index (Phi) is 5.93. The second-order valence-corrected chi connectivity index (χ2v) is 13.2. The van der Waals surface area contributed by atoms with Crippen LogP contribution in [0.25, 0.3) is 0 Å². The Balaban J connectivity index is 2.92. The van der Waals surface area contributed by atoms with Gasteiger partial charge in [0.15, 0.2) is 0 Å². The second kappa shape index (κ2) is 6.77. The van der Waals surface area contributed by atoms with Gasteiger partial charge in [0.25, 0.3) is 0 Å². The summed E-state index contributed by atoms with van der Waals surface area (Å²) in [5, 5.41) is 0.192. The molecule has 0 aliphatic heterocycles. The van der Waals surface area contributed by atoms with Gasteiger partial charge in [-0.3, -0.25) is 4.79 Å². The Morgan fingerprint density at radius 1 is 1.27 bits per heavy atom. The molecular formula is C18H34O3Si. The molecule has 1 atom stereocenters. The standard InChI is InChI=1S/C18H34O3Si/c1-9-20-16(19)18(5,6)14-11-10-12-15(13-14)21-22(7,8)17(2,3)4/h13-14H,9-12H2,1-8H3. The zero-order valence-corrected chi connectivity index (χ0v) is 16.7. The minimum Gasteiger partial charge on any atom is -0.547 e. The summed E-state index contributed by atoms with van der Waals surface area (Å²) >= 11 is 0. The third-order valence-electron chi connectivity index (χ3n) is 5.25. The van der Waals surface area contributed by atoms with Crippen LogP contribution in [0, 0.1) is 11.3 Å². The van der Waals surface area contributed by atoms with E-state index in [2.05, 4.69) is 39.9 Å². The van der Waals surface area contributed by atoms with Gasteiger partial charge in [-0.1, -0.05) is 20.8 Å². The SMILES string of the molecule is CCOC(=O)C(C)(C)C1C=C(O[Si](C)(C)C(C)(C)C)CCC1. The van der Waals surface area contributed by atoms with Gasteiger partial charge < -0.3 is 9.16 Å². The summed E-state index contributed by atoms with van der Waals surface area (Å²) in [6.45, 7) is 17.6. The molecule has 0 bridgehead atoms. The van der Waals surface area contributed by atoms with Crippen LogP contribution in [0.2, 0.25) is 18.1 Å². The van der Waals surface area contributed by atoms with Crippen molar-refractivity contribution in [2.24, 2.45) is 11.3 Å². The van der Waals surface area contributed by atoms with E-state index in [0.717, 1.165) is 25.0 Å². The number of carbonyl (C=O) groups excluding carboxylic acids is 1. The summed E-state index contributed by atoms with van der Waals surface area (Å²) in [7, 11) is -1.81. The van der Waals surface area contributed by atoms with Crippen LogP contribution in [0.5, 0.6) is 0 Å². The number of rotatable bonds is 5. The van der Waals surface area contributed by atoms with Gasteiger partial charge in [0.2, 0.25) is 8.32 Å². The van der Waals surface area contributed by atoms with E-state index in [9.17, 15) is 4.79 Å². The molecule has 0 aromatic heterocycles. The summed E-state index contributed by atoms with van der Waals surface area (Å²) in [4.78, 5) is 12.2. The lowest BCUT2D eigenvalue weighted by molar-refractivity contribution is -0.155. The maximum absolute atomic E-state index is 12.2. The highest BCUT2D eigenvalue weighted by Gasteiger charge is 2.42. The maximum Gasteiger partial charge on any atom is 0.312 e. The van der Waals surface area contributed by atoms with Crippen LogP contribution in [-0.2, 0) is 14.0 Å². The third kappa shape index (κ3) is 4.37. The number of esters is 1.